The van der Waals surface area contributed by atoms with E-state index in [9.17, 15) is 4.79 Å². The minimum Gasteiger partial charge on any atom is -0.371 e. The monoisotopic (exact) mass is 348 g/mol. The molecule has 0 unspecified atom stereocenters. The van der Waals surface area contributed by atoms with Crippen LogP contribution in [0.3, 0.4) is 0 Å². The number of nitrogens with zero attached hydrogens (tertiary/aromatic N) is 3. The molecule has 0 saturated heterocycles. The molecule has 0 spiro atoms. The number of aromatic nitrogens is 2. The molecule has 134 valence electrons. The number of nitrogens with one attached hydrogen (secondary N) is 1. The summed E-state index contributed by atoms with van der Waals surface area (Å²) in [4.78, 5) is 15.0. The highest BCUT2D eigenvalue weighted by atomic mass is 16.1. The molecule has 0 bridgehead atoms. The number of fused-ring (bicyclic) bond motifs is 1. The zero-order valence-corrected chi connectivity index (χ0v) is 15.3. The van der Waals surface area contributed by atoms with Crippen molar-refractivity contribution in [3.05, 3.63) is 76.3 Å². The Morgan fingerprint density at radius 3 is 2.65 bits per heavy atom. The van der Waals surface area contributed by atoms with Crippen molar-refractivity contribution in [3.8, 4) is 0 Å². The Morgan fingerprint density at radius 2 is 2.00 bits per heavy atom. The van der Waals surface area contributed by atoms with Crippen molar-refractivity contribution in [1.29, 1.82) is 0 Å². The van der Waals surface area contributed by atoms with E-state index in [-0.39, 0.29) is 5.91 Å². The van der Waals surface area contributed by atoms with Crippen molar-refractivity contribution in [1.82, 2.24) is 20.0 Å². The van der Waals surface area contributed by atoms with Crippen LogP contribution in [-0.4, -0.2) is 33.7 Å². The van der Waals surface area contributed by atoms with Gasteiger partial charge in [-0.15, -0.1) is 0 Å². The first-order chi connectivity index (χ1) is 12.6. The molecule has 0 fully saturated rings. The van der Waals surface area contributed by atoms with Gasteiger partial charge in [0, 0.05) is 49.2 Å². The molecule has 0 atom stereocenters. The minimum atomic E-state index is -0.0261. The van der Waals surface area contributed by atoms with Crippen LogP contribution < -0.4 is 5.32 Å². The Labute approximate surface area is 154 Å². The van der Waals surface area contributed by atoms with E-state index in [0.717, 1.165) is 42.8 Å². The molecule has 5 heteroatoms. The first kappa shape index (κ1) is 16.6. The smallest absolute Gasteiger partial charge is 0.251 e. The van der Waals surface area contributed by atoms with E-state index in [4.69, 9.17) is 0 Å². The molecule has 0 radical (unpaired) electrons. The molecule has 1 aliphatic carbocycles. The lowest BCUT2D eigenvalue weighted by atomic mass is 10.00. The molecule has 1 aromatic carbocycles. The number of amides is 1. The van der Waals surface area contributed by atoms with Crippen molar-refractivity contribution < 1.29 is 4.79 Å². The van der Waals surface area contributed by atoms with E-state index in [1.165, 1.54) is 16.8 Å². The SMILES string of the molecule is Cc1c(CNC(=O)c2ccc3c(c2)CCN(C2=CC=C2)CC3)cnn1C. The molecule has 2 aliphatic rings. The van der Waals surface area contributed by atoms with Crippen LogP contribution in [0.5, 0.6) is 0 Å². The highest BCUT2D eigenvalue weighted by Crippen LogP contribution is 2.22. The first-order valence-corrected chi connectivity index (χ1v) is 9.12. The Kier molecular flexibility index (Phi) is 4.37. The quantitative estimate of drug-likeness (QED) is 0.924. The first-order valence-electron chi connectivity index (χ1n) is 9.12. The number of rotatable bonds is 4. The standard InChI is InChI=1S/C21H24N4O/c1-15-19(14-23-24(15)2)13-22-21(26)18-7-6-16-8-10-25(20-4-3-5-20)11-9-17(16)12-18/h3-7,12,14H,8-11,13H2,1-2H3,(H,22,26). The van der Waals surface area contributed by atoms with Crippen LogP contribution >= 0.6 is 0 Å². The molecule has 1 aromatic heterocycles. The maximum Gasteiger partial charge on any atom is 0.251 e. The van der Waals surface area contributed by atoms with Gasteiger partial charge in [-0.25, -0.2) is 0 Å². The predicted molar refractivity (Wildman–Crippen MR) is 102 cm³/mol. The number of hydrogen-bond donors (Lipinski definition) is 1. The number of carbonyl (C=O) groups is 1. The lowest BCUT2D eigenvalue weighted by Gasteiger charge is -2.26. The maximum atomic E-state index is 12.6. The Balaban J connectivity index is 1.43. The second-order valence-corrected chi connectivity index (χ2v) is 6.98. The average Bonchev–Trinajstić information content (AvgIpc) is 2.80. The molecule has 5 nitrogen and oxygen atoms in total. The van der Waals surface area contributed by atoms with Gasteiger partial charge >= 0.3 is 0 Å². The molecule has 26 heavy (non-hydrogen) atoms. The summed E-state index contributed by atoms with van der Waals surface area (Å²) < 4.78 is 1.82. The molecule has 4 rings (SSSR count). The number of aryl methyl sites for hydroxylation is 1. The Hall–Kier alpha value is -2.82. The summed E-state index contributed by atoms with van der Waals surface area (Å²) in [7, 11) is 1.91. The summed E-state index contributed by atoms with van der Waals surface area (Å²) in [5.41, 5.74) is 6.83. The number of carbonyl (C=O) groups excluding carboxylic acids is 1. The van der Waals surface area contributed by atoms with E-state index in [2.05, 4.69) is 45.7 Å². The fraction of sp³-hybridized carbons (Fsp3) is 0.333. The summed E-state index contributed by atoms with van der Waals surface area (Å²) in [6.45, 7) is 4.55. The third-order valence-electron chi connectivity index (χ3n) is 5.45. The number of allylic oxidation sites excluding steroid dienone is 3. The van der Waals surface area contributed by atoms with Gasteiger partial charge in [-0.1, -0.05) is 12.1 Å². The molecule has 2 heterocycles. The van der Waals surface area contributed by atoms with E-state index in [1.54, 1.807) is 0 Å². The van der Waals surface area contributed by atoms with Crippen LogP contribution in [0, 0.1) is 6.92 Å². The fourth-order valence-corrected chi connectivity index (χ4v) is 3.51. The topological polar surface area (TPSA) is 50.2 Å². The maximum absolute atomic E-state index is 12.6. The summed E-state index contributed by atoms with van der Waals surface area (Å²) in [5.74, 6) is -0.0261. The third-order valence-corrected chi connectivity index (χ3v) is 5.45. The lowest BCUT2D eigenvalue weighted by Crippen LogP contribution is -2.26. The second kappa shape index (κ2) is 6.83. The van der Waals surface area contributed by atoms with Crippen LogP contribution in [-0.2, 0) is 26.4 Å². The van der Waals surface area contributed by atoms with Gasteiger partial charge in [0.2, 0.25) is 0 Å². The largest absolute Gasteiger partial charge is 0.371 e. The Morgan fingerprint density at radius 1 is 1.23 bits per heavy atom. The number of benzene rings is 1. The van der Waals surface area contributed by atoms with Crippen LogP contribution in [0.2, 0.25) is 0 Å². The van der Waals surface area contributed by atoms with Crippen molar-refractivity contribution in [2.24, 2.45) is 7.05 Å². The molecular weight excluding hydrogens is 324 g/mol. The van der Waals surface area contributed by atoms with Gasteiger partial charge in [0.25, 0.3) is 5.91 Å². The van der Waals surface area contributed by atoms with Gasteiger partial charge in [-0.2, -0.15) is 5.10 Å². The molecule has 2 aromatic rings. The average molecular weight is 348 g/mol. The molecular formula is C21H24N4O. The molecule has 0 saturated carbocycles. The van der Waals surface area contributed by atoms with Gasteiger partial charge in [-0.3, -0.25) is 9.48 Å². The van der Waals surface area contributed by atoms with Crippen LogP contribution in [0.1, 0.15) is 32.7 Å². The highest BCUT2D eigenvalue weighted by Gasteiger charge is 2.18. The normalized spacial score (nSPS) is 15.8. The van der Waals surface area contributed by atoms with Gasteiger partial charge in [0.1, 0.15) is 0 Å². The minimum absolute atomic E-state index is 0.0261. The fourth-order valence-electron chi connectivity index (χ4n) is 3.51. The van der Waals surface area contributed by atoms with E-state index < -0.39 is 0 Å². The van der Waals surface area contributed by atoms with Crippen molar-refractivity contribution in [3.63, 3.8) is 0 Å². The summed E-state index contributed by atoms with van der Waals surface area (Å²) in [6, 6.07) is 6.13. The zero-order chi connectivity index (χ0) is 18.1. The lowest BCUT2D eigenvalue weighted by molar-refractivity contribution is 0.0950. The third kappa shape index (κ3) is 3.17. The van der Waals surface area contributed by atoms with E-state index >= 15 is 0 Å². The van der Waals surface area contributed by atoms with Crippen LogP contribution in [0.25, 0.3) is 0 Å². The van der Waals surface area contributed by atoms with Crippen molar-refractivity contribution in [2.45, 2.75) is 26.3 Å². The summed E-state index contributed by atoms with van der Waals surface area (Å²) in [5, 5.41) is 7.24. The van der Waals surface area contributed by atoms with Gasteiger partial charge in [0.05, 0.1) is 6.20 Å². The van der Waals surface area contributed by atoms with Crippen LogP contribution in [0.15, 0.2) is 48.3 Å². The molecule has 1 amide bonds. The van der Waals surface area contributed by atoms with E-state index in [1.807, 2.05) is 30.9 Å². The van der Waals surface area contributed by atoms with Crippen molar-refractivity contribution in [2.75, 3.05) is 13.1 Å². The predicted octanol–water partition coefficient (Wildman–Crippen LogP) is 2.51. The number of hydrogen-bond acceptors (Lipinski definition) is 3. The molecule has 1 N–H and O–H groups in total. The zero-order valence-electron chi connectivity index (χ0n) is 15.3. The second-order valence-electron chi connectivity index (χ2n) is 6.98. The summed E-state index contributed by atoms with van der Waals surface area (Å²) >= 11 is 0. The van der Waals surface area contributed by atoms with Gasteiger partial charge in [0.15, 0.2) is 0 Å². The van der Waals surface area contributed by atoms with Crippen LogP contribution in [0.4, 0.5) is 0 Å². The summed E-state index contributed by atoms with van der Waals surface area (Å²) in [6.07, 6.45) is 10.2. The van der Waals surface area contributed by atoms with Crippen molar-refractivity contribution >= 4 is 5.91 Å². The molecule has 1 aliphatic heterocycles. The Bertz CT molecular complexity index is 907. The van der Waals surface area contributed by atoms with Gasteiger partial charge in [-0.05, 0) is 55.2 Å². The van der Waals surface area contributed by atoms with E-state index in [0.29, 0.717) is 6.54 Å². The highest BCUT2D eigenvalue weighted by molar-refractivity contribution is 5.94. The van der Waals surface area contributed by atoms with Gasteiger partial charge < -0.3 is 10.2 Å².